The quantitative estimate of drug-likeness (QED) is 0.861. The summed E-state index contributed by atoms with van der Waals surface area (Å²) in [5, 5.41) is 4.06. The molecule has 0 aliphatic carbocycles. The number of methoxy groups -OCH3 is 1. The van der Waals surface area contributed by atoms with Gasteiger partial charge >= 0.3 is 0 Å². The van der Waals surface area contributed by atoms with Crippen molar-refractivity contribution in [1.29, 1.82) is 0 Å². The number of carbonyl (C=O) groups excluding carboxylic acids is 1. The average molecular weight is 388 g/mol. The molecule has 5 nitrogen and oxygen atoms in total. The molecule has 0 aromatic heterocycles. The van der Waals surface area contributed by atoms with Crippen LogP contribution in [0.4, 0.5) is 0 Å². The lowest BCUT2D eigenvalue weighted by atomic mass is 9.95. The van der Waals surface area contributed by atoms with Crippen molar-refractivity contribution < 1.29 is 9.53 Å². The van der Waals surface area contributed by atoms with Crippen LogP contribution >= 0.6 is 24.0 Å². The van der Waals surface area contributed by atoms with Crippen molar-refractivity contribution in [3.05, 3.63) is 28.8 Å². The van der Waals surface area contributed by atoms with Crippen LogP contribution in [-0.4, -0.2) is 62.1 Å². The number of carbonyl (C=O) groups is 1. The molecule has 25 heavy (non-hydrogen) atoms. The number of nitrogens with zero attached hydrogens (tertiary/aromatic N) is 2. The van der Waals surface area contributed by atoms with Crippen LogP contribution in [0.25, 0.3) is 0 Å². The highest BCUT2D eigenvalue weighted by molar-refractivity contribution is 6.31. The molecule has 3 rings (SSSR count). The maximum Gasteiger partial charge on any atom is 0.227 e. The van der Waals surface area contributed by atoms with E-state index in [1.165, 1.54) is 0 Å². The van der Waals surface area contributed by atoms with Gasteiger partial charge in [-0.05, 0) is 43.1 Å². The fraction of sp³-hybridized carbons (Fsp3) is 0.611. The molecule has 2 aliphatic rings. The van der Waals surface area contributed by atoms with Crippen LogP contribution in [0, 0.1) is 5.92 Å². The molecule has 2 saturated heterocycles. The highest BCUT2D eigenvalue weighted by atomic mass is 35.5. The average Bonchev–Trinajstić information content (AvgIpc) is 2.64. The predicted octanol–water partition coefficient (Wildman–Crippen LogP) is 2.41. The molecular formula is C18H27Cl2N3O2. The number of nitrogens with one attached hydrogen (secondary N) is 1. The zero-order chi connectivity index (χ0) is 16.9. The van der Waals surface area contributed by atoms with Gasteiger partial charge in [-0.3, -0.25) is 9.69 Å². The number of ether oxygens (including phenoxy) is 1. The smallest absolute Gasteiger partial charge is 0.227 e. The van der Waals surface area contributed by atoms with Crippen LogP contribution in [0.2, 0.25) is 5.02 Å². The second kappa shape index (κ2) is 9.62. The third kappa shape index (κ3) is 5.23. The summed E-state index contributed by atoms with van der Waals surface area (Å²) in [4.78, 5) is 17.1. The number of piperazine rings is 1. The topological polar surface area (TPSA) is 44.8 Å². The Morgan fingerprint density at radius 2 is 2.08 bits per heavy atom. The van der Waals surface area contributed by atoms with Crippen LogP contribution in [0.3, 0.4) is 0 Å². The minimum absolute atomic E-state index is 0. The minimum Gasteiger partial charge on any atom is -0.497 e. The number of likely N-dealkylation sites (tertiary alicyclic amines) is 1. The van der Waals surface area contributed by atoms with Gasteiger partial charge < -0.3 is 15.0 Å². The Morgan fingerprint density at radius 1 is 1.32 bits per heavy atom. The molecule has 1 unspecified atom stereocenters. The van der Waals surface area contributed by atoms with E-state index in [1.807, 2.05) is 23.1 Å². The van der Waals surface area contributed by atoms with Gasteiger partial charge in [-0.1, -0.05) is 11.6 Å². The standard InChI is InChI=1S/C18H26ClN3O2.ClH/c1-24-16-4-5-17(19)15(11-16)13-21-8-2-3-14(12-21)18(23)22-9-6-20-7-10-22;/h4-5,11,14,20H,2-3,6-10,12-13H2,1H3;1H. The van der Waals surface area contributed by atoms with Gasteiger partial charge in [0.25, 0.3) is 0 Å². The Balaban J connectivity index is 0.00000225. The third-order valence-corrected chi connectivity index (χ3v) is 5.30. The Labute approximate surface area is 161 Å². The summed E-state index contributed by atoms with van der Waals surface area (Å²) in [6, 6.07) is 5.74. The molecule has 2 heterocycles. The van der Waals surface area contributed by atoms with E-state index in [2.05, 4.69) is 10.2 Å². The van der Waals surface area contributed by atoms with Gasteiger partial charge in [-0.15, -0.1) is 12.4 Å². The summed E-state index contributed by atoms with van der Waals surface area (Å²) in [5.74, 6) is 1.25. The van der Waals surface area contributed by atoms with Gasteiger partial charge in [0.15, 0.2) is 0 Å². The van der Waals surface area contributed by atoms with Crippen LogP contribution in [0.1, 0.15) is 18.4 Å². The summed E-state index contributed by atoms with van der Waals surface area (Å²) in [6.45, 7) is 6.06. The second-order valence-corrected chi connectivity index (χ2v) is 7.01. The number of amides is 1. The van der Waals surface area contributed by atoms with E-state index in [0.29, 0.717) is 5.91 Å². The molecule has 1 aromatic rings. The molecule has 0 radical (unpaired) electrons. The van der Waals surface area contributed by atoms with Crippen LogP contribution in [0.5, 0.6) is 5.75 Å². The van der Waals surface area contributed by atoms with Crippen LogP contribution < -0.4 is 10.1 Å². The fourth-order valence-corrected chi connectivity index (χ4v) is 3.76. The molecule has 1 atom stereocenters. The predicted molar refractivity (Wildman–Crippen MR) is 103 cm³/mol. The fourth-order valence-electron chi connectivity index (χ4n) is 3.58. The van der Waals surface area contributed by atoms with Gasteiger partial charge in [0, 0.05) is 44.3 Å². The van der Waals surface area contributed by atoms with E-state index < -0.39 is 0 Å². The Hall–Kier alpha value is -1.01. The molecule has 7 heteroatoms. The zero-order valence-corrected chi connectivity index (χ0v) is 16.2. The number of hydrogen-bond acceptors (Lipinski definition) is 4. The van der Waals surface area contributed by atoms with Crippen LogP contribution in [0.15, 0.2) is 18.2 Å². The summed E-state index contributed by atoms with van der Waals surface area (Å²) in [6.07, 6.45) is 2.05. The molecule has 0 bridgehead atoms. The highest BCUT2D eigenvalue weighted by Crippen LogP contribution is 2.26. The van der Waals surface area contributed by atoms with Crippen molar-refractivity contribution in [3.63, 3.8) is 0 Å². The number of halogens is 2. The van der Waals surface area contributed by atoms with E-state index in [0.717, 1.165) is 75.0 Å². The normalized spacial score (nSPS) is 21.5. The molecule has 2 aliphatic heterocycles. The van der Waals surface area contributed by atoms with Crippen molar-refractivity contribution in [1.82, 2.24) is 15.1 Å². The lowest BCUT2D eigenvalue weighted by Crippen LogP contribution is -2.51. The van der Waals surface area contributed by atoms with E-state index in [9.17, 15) is 4.79 Å². The zero-order valence-electron chi connectivity index (χ0n) is 14.7. The van der Waals surface area contributed by atoms with Crippen molar-refractivity contribution in [2.45, 2.75) is 19.4 Å². The van der Waals surface area contributed by atoms with E-state index in [-0.39, 0.29) is 18.3 Å². The monoisotopic (exact) mass is 387 g/mol. The molecule has 140 valence electrons. The highest BCUT2D eigenvalue weighted by Gasteiger charge is 2.30. The molecule has 2 fully saturated rings. The lowest BCUT2D eigenvalue weighted by Gasteiger charge is -2.36. The summed E-state index contributed by atoms with van der Waals surface area (Å²) >= 11 is 6.33. The maximum absolute atomic E-state index is 12.7. The van der Waals surface area contributed by atoms with E-state index in [4.69, 9.17) is 16.3 Å². The van der Waals surface area contributed by atoms with Crippen molar-refractivity contribution in [2.75, 3.05) is 46.4 Å². The Kier molecular flexibility index (Phi) is 7.81. The van der Waals surface area contributed by atoms with Gasteiger partial charge in [0.2, 0.25) is 5.91 Å². The molecule has 1 amide bonds. The van der Waals surface area contributed by atoms with Crippen molar-refractivity contribution in [3.8, 4) is 5.75 Å². The Bertz CT molecular complexity index is 579. The van der Waals surface area contributed by atoms with Gasteiger partial charge in [0.1, 0.15) is 5.75 Å². The second-order valence-electron chi connectivity index (χ2n) is 6.61. The summed E-state index contributed by atoms with van der Waals surface area (Å²) in [7, 11) is 1.66. The molecular weight excluding hydrogens is 361 g/mol. The Morgan fingerprint density at radius 3 is 2.80 bits per heavy atom. The SMILES string of the molecule is COc1ccc(Cl)c(CN2CCCC(C(=O)N3CCNCC3)C2)c1.Cl. The van der Waals surface area contributed by atoms with Gasteiger partial charge in [-0.25, -0.2) is 0 Å². The third-order valence-electron chi connectivity index (χ3n) is 4.93. The lowest BCUT2D eigenvalue weighted by molar-refractivity contribution is -0.138. The van der Waals surface area contributed by atoms with Gasteiger partial charge in [0.05, 0.1) is 13.0 Å². The summed E-state index contributed by atoms with van der Waals surface area (Å²) < 4.78 is 5.29. The minimum atomic E-state index is 0. The maximum atomic E-state index is 12.7. The molecule has 0 spiro atoms. The molecule has 1 aromatic carbocycles. The number of hydrogen-bond donors (Lipinski definition) is 1. The van der Waals surface area contributed by atoms with E-state index in [1.54, 1.807) is 7.11 Å². The van der Waals surface area contributed by atoms with E-state index >= 15 is 0 Å². The van der Waals surface area contributed by atoms with Crippen LogP contribution in [-0.2, 0) is 11.3 Å². The van der Waals surface area contributed by atoms with Crippen molar-refractivity contribution in [2.24, 2.45) is 5.92 Å². The summed E-state index contributed by atoms with van der Waals surface area (Å²) in [5.41, 5.74) is 1.06. The number of benzene rings is 1. The first-order valence-corrected chi connectivity index (χ1v) is 9.09. The number of piperidine rings is 1. The number of rotatable bonds is 4. The molecule has 0 saturated carbocycles. The first-order chi connectivity index (χ1) is 11.7. The van der Waals surface area contributed by atoms with Crippen molar-refractivity contribution >= 4 is 29.9 Å². The van der Waals surface area contributed by atoms with Gasteiger partial charge in [-0.2, -0.15) is 0 Å². The first-order valence-electron chi connectivity index (χ1n) is 8.71. The molecule has 1 N–H and O–H groups in total. The largest absolute Gasteiger partial charge is 0.497 e. The first kappa shape index (κ1) is 20.3.